The first kappa shape index (κ1) is 13.9. The number of amides is 1. The third kappa shape index (κ3) is 4.70. The van der Waals surface area contributed by atoms with Gasteiger partial charge in [-0.2, -0.15) is 0 Å². The highest BCUT2D eigenvalue weighted by molar-refractivity contribution is 5.84. The second-order valence-electron chi connectivity index (χ2n) is 4.74. The van der Waals surface area contributed by atoms with Gasteiger partial charge in [0.05, 0.1) is 31.3 Å². The van der Waals surface area contributed by atoms with Gasteiger partial charge in [-0.15, -0.1) is 0 Å². The number of carbonyl (C=O) groups is 2. The first-order chi connectivity index (χ1) is 7.92. The number of carboxylic acids is 1. The summed E-state index contributed by atoms with van der Waals surface area (Å²) >= 11 is 0. The molecule has 1 amide bonds. The predicted molar refractivity (Wildman–Crippen MR) is 59.6 cm³/mol. The second kappa shape index (κ2) is 5.97. The van der Waals surface area contributed by atoms with Crippen LogP contribution in [0.2, 0.25) is 0 Å². The number of aliphatic carboxylic acids is 1. The highest BCUT2D eigenvalue weighted by atomic mass is 16.6. The number of carbonyl (C=O) groups excluding carboxylic acids is 1. The lowest BCUT2D eigenvalue weighted by molar-refractivity contribution is -0.149. The van der Waals surface area contributed by atoms with Crippen LogP contribution >= 0.6 is 0 Å². The van der Waals surface area contributed by atoms with E-state index in [1.807, 2.05) is 0 Å². The summed E-state index contributed by atoms with van der Waals surface area (Å²) < 4.78 is 10.5. The molecule has 0 bridgehead atoms. The van der Waals surface area contributed by atoms with Crippen molar-refractivity contribution in [2.24, 2.45) is 5.41 Å². The molecular formula is C11H19NO5. The molecule has 0 saturated carbocycles. The molecule has 0 radical (unpaired) electrons. The van der Waals surface area contributed by atoms with E-state index in [2.05, 4.69) is 5.32 Å². The number of ether oxygens (including phenoxy) is 2. The van der Waals surface area contributed by atoms with Gasteiger partial charge in [-0.05, 0) is 13.8 Å². The monoisotopic (exact) mass is 245 g/mol. The standard InChI is InChI=1S/C11H19NO5/c1-11(2,10(14)15)5-9(13)12-6-8-7-16-3-4-17-8/h8H,3-7H2,1-2H3,(H,12,13)(H,14,15). The molecule has 1 fully saturated rings. The van der Waals surface area contributed by atoms with Gasteiger partial charge >= 0.3 is 5.97 Å². The molecule has 1 aliphatic heterocycles. The molecule has 1 heterocycles. The van der Waals surface area contributed by atoms with E-state index in [0.29, 0.717) is 26.4 Å². The molecule has 98 valence electrons. The lowest BCUT2D eigenvalue weighted by atomic mass is 9.89. The normalized spacial score (nSPS) is 20.9. The van der Waals surface area contributed by atoms with Crippen LogP contribution in [0, 0.1) is 5.41 Å². The molecule has 0 spiro atoms. The van der Waals surface area contributed by atoms with E-state index in [1.54, 1.807) is 0 Å². The molecule has 0 aromatic heterocycles. The molecule has 0 aliphatic carbocycles. The molecule has 1 rings (SSSR count). The van der Waals surface area contributed by atoms with Crippen molar-refractivity contribution in [2.75, 3.05) is 26.4 Å². The second-order valence-corrected chi connectivity index (χ2v) is 4.74. The van der Waals surface area contributed by atoms with Crippen LogP contribution < -0.4 is 5.32 Å². The van der Waals surface area contributed by atoms with Crippen molar-refractivity contribution in [3.05, 3.63) is 0 Å². The zero-order valence-corrected chi connectivity index (χ0v) is 10.2. The zero-order chi connectivity index (χ0) is 12.9. The summed E-state index contributed by atoms with van der Waals surface area (Å²) in [5.74, 6) is -1.27. The van der Waals surface area contributed by atoms with Gasteiger partial charge < -0.3 is 19.9 Å². The van der Waals surface area contributed by atoms with Crippen molar-refractivity contribution in [2.45, 2.75) is 26.4 Å². The van der Waals surface area contributed by atoms with E-state index >= 15 is 0 Å². The average Bonchev–Trinajstić information content (AvgIpc) is 2.27. The number of rotatable bonds is 5. The minimum absolute atomic E-state index is 0.0457. The van der Waals surface area contributed by atoms with Crippen LogP contribution in [0.15, 0.2) is 0 Å². The lowest BCUT2D eigenvalue weighted by Crippen LogP contribution is -2.41. The van der Waals surface area contributed by atoms with Gasteiger partial charge in [0.15, 0.2) is 0 Å². The number of hydrogen-bond acceptors (Lipinski definition) is 4. The van der Waals surface area contributed by atoms with E-state index in [1.165, 1.54) is 13.8 Å². The maximum absolute atomic E-state index is 11.5. The summed E-state index contributed by atoms with van der Waals surface area (Å²) in [7, 11) is 0. The Hall–Kier alpha value is -1.14. The molecule has 6 heteroatoms. The largest absolute Gasteiger partial charge is 0.481 e. The first-order valence-electron chi connectivity index (χ1n) is 5.61. The predicted octanol–water partition coefficient (Wildman–Crippen LogP) is 0.0189. The summed E-state index contributed by atoms with van der Waals surface area (Å²) in [6.07, 6.45) is -0.184. The summed E-state index contributed by atoms with van der Waals surface area (Å²) in [4.78, 5) is 22.4. The Bertz CT molecular complexity index is 284. The molecule has 1 saturated heterocycles. The highest BCUT2D eigenvalue weighted by Crippen LogP contribution is 2.19. The zero-order valence-electron chi connectivity index (χ0n) is 10.2. The Labute approximate surface area is 100 Å². The fourth-order valence-corrected chi connectivity index (χ4v) is 1.42. The molecule has 1 atom stereocenters. The minimum atomic E-state index is -1.05. The number of nitrogens with one attached hydrogen (secondary N) is 1. The van der Waals surface area contributed by atoms with Crippen LogP contribution in [-0.4, -0.2) is 49.5 Å². The summed E-state index contributed by atoms with van der Waals surface area (Å²) in [5.41, 5.74) is -1.05. The van der Waals surface area contributed by atoms with Crippen LogP contribution in [0.4, 0.5) is 0 Å². The SMILES string of the molecule is CC(C)(CC(=O)NCC1COCCO1)C(=O)O. The Morgan fingerprint density at radius 3 is 2.65 bits per heavy atom. The van der Waals surface area contributed by atoms with Crippen molar-refractivity contribution < 1.29 is 24.2 Å². The summed E-state index contributed by atoms with van der Waals surface area (Å²) in [6.45, 7) is 4.97. The maximum atomic E-state index is 11.5. The molecule has 17 heavy (non-hydrogen) atoms. The summed E-state index contributed by atoms with van der Waals surface area (Å²) in [6, 6.07) is 0. The molecule has 1 unspecified atom stereocenters. The van der Waals surface area contributed by atoms with Crippen LogP contribution in [0.3, 0.4) is 0 Å². The van der Waals surface area contributed by atoms with E-state index in [9.17, 15) is 9.59 Å². The van der Waals surface area contributed by atoms with Gasteiger partial charge in [-0.25, -0.2) is 0 Å². The van der Waals surface area contributed by atoms with Crippen LogP contribution in [0.25, 0.3) is 0 Å². The minimum Gasteiger partial charge on any atom is -0.481 e. The molecule has 1 aliphatic rings. The molecule has 6 nitrogen and oxygen atoms in total. The van der Waals surface area contributed by atoms with Gasteiger partial charge in [0.25, 0.3) is 0 Å². The van der Waals surface area contributed by atoms with Gasteiger partial charge in [0.2, 0.25) is 5.91 Å². The van der Waals surface area contributed by atoms with Crippen molar-refractivity contribution in [1.82, 2.24) is 5.32 Å². The van der Waals surface area contributed by atoms with Crippen LogP contribution in [0.1, 0.15) is 20.3 Å². The van der Waals surface area contributed by atoms with Gasteiger partial charge in [-0.1, -0.05) is 0 Å². The highest BCUT2D eigenvalue weighted by Gasteiger charge is 2.30. The molecule has 0 aromatic rings. The van der Waals surface area contributed by atoms with E-state index < -0.39 is 11.4 Å². The Morgan fingerprint density at radius 2 is 2.12 bits per heavy atom. The van der Waals surface area contributed by atoms with E-state index in [-0.39, 0.29) is 18.4 Å². The van der Waals surface area contributed by atoms with Gasteiger partial charge in [0, 0.05) is 13.0 Å². The van der Waals surface area contributed by atoms with Crippen molar-refractivity contribution >= 4 is 11.9 Å². The fraction of sp³-hybridized carbons (Fsp3) is 0.818. The van der Waals surface area contributed by atoms with Crippen LogP contribution in [-0.2, 0) is 19.1 Å². The third-order valence-corrected chi connectivity index (χ3v) is 2.59. The van der Waals surface area contributed by atoms with Gasteiger partial charge in [0.1, 0.15) is 0 Å². The Morgan fingerprint density at radius 1 is 1.41 bits per heavy atom. The number of carboxylic acid groups (broad SMARTS) is 1. The Balaban J connectivity index is 2.27. The van der Waals surface area contributed by atoms with Crippen LogP contribution in [0.5, 0.6) is 0 Å². The van der Waals surface area contributed by atoms with E-state index in [0.717, 1.165) is 0 Å². The maximum Gasteiger partial charge on any atom is 0.309 e. The van der Waals surface area contributed by atoms with Crippen molar-refractivity contribution in [3.63, 3.8) is 0 Å². The smallest absolute Gasteiger partial charge is 0.309 e. The first-order valence-corrected chi connectivity index (χ1v) is 5.61. The number of hydrogen-bond donors (Lipinski definition) is 2. The Kier molecular flexibility index (Phi) is 4.89. The molecule has 2 N–H and O–H groups in total. The lowest BCUT2D eigenvalue weighted by Gasteiger charge is -2.24. The third-order valence-electron chi connectivity index (χ3n) is 2.59. The molecular weight excluding hydrogens is 226 g/mol. The summed E-state index contributed by atoms with van der Waals surface area (Å²) in [5, 5.41) is 11.5. The fourth-order valence-electron chi connectivity index (χ4n) is 1.42. The quantitative estimate of drug-likeness (QED) is 0.713. The van der Waals surface area contributed by atoms with E-state index in [4.69, 9.17) is 14.6 Å². The average molecular weight is 245 g/mol. The topological polar surface area (TPSA) is 84.9 Å². The molecule has 0 aromatic carbocycles. The van der Waals surface area contributed by atoms with Crippen molar-refractivity contribution in [1.29, 1.82) is 0 Å². The van der Waals surface area contributed by atoms with Gasteiger partial charge in [-0.3, -0.25) is 9.59 Å². The van der Waals surface area contributed by atoms with Crippen molar-refractivity contribution in [3.8, 4) is 0 Å².